The van der Waals surface area contributed by atoms with Crippen LogP contribution in [-0.4, -0.2) is 42.7 Å². The Bertz CT molecular complexity index is 697. The van der Waals surface area contributed by atoms with Crippen molar-refractivity contribution in [3.8, 4) is 11.5 Å². The van der Waals surface area contributed by atoms with Crippen LogP contribution in [0, 0.1) is 0 Å². The lowest BCUT2D eigenvalue weighted by Gasteiger charge is -2.39. The standard InChI is InChI=1S/C20H23NO3S2/c1-21-14-4-13-20(19(21)22,25-17-9-5-15(23-2)6-10-17)26-18-11-7-16(24-3)8-12-18/h5-12H,4,13-14H2,1-3H3. The van der Waals surface area contributed by atoms with E-state index in [1.54, 1.807) is 37.7 Å². The second-order valence-corrected chi connectivity index (χ2v) is 9.14. The first-order valence-corrected chi connectivity index (χ1v) is 10.1. The number of amides is 1. The van der Waals surface area contributed by atoms with E-state index in [-0.39, 0.29) is 5.91 Å². The molecule has 1 aliphatic heterocycles. The van der Waals surface area contributed by atoms with Gasteiger partial charge in [0, 0.05) is 23.4 Å². The zero-order valence-corrected chi connectivity index (χ0v) is 16.9. The fourth-order valence-corrected chi connectivity index (χ4v) is 5.96. The number of hydrogen-bond donors (Lipinski definition) is 0. The quantitative estimate of drug-likeness (QED) is 0.679. The van der Waals surface area contributed by atoms with E-state index in [2.05, 4.69) is 0 Å². The molecule has 26 heavy (non-hydrogen) atoms. The van der Waals surface area contributed by atoms with Gasteiger partial charge in [-0.05, 0) is 61.4 Å². The van der Waals surface area contributed by atoms with Crippen LogP contribution in [0.3, 0.4) is 0 Å². The number of carbonyl (C=O) groups is 1. The molecule has 1 amide bonds. The number of rotatable bonds is 6. The highest BCUT2D eigenvalue weighted by Gasteiger charge is 2.45. The first-order valence-electron chi connectivity index (χ1n) is 8.48. The number of nitrogens with zero attached hydrogens (tertiary/aromatic N) is 1. The highest BCUT2D eigenvalue weighted by molar-refractivity contribution is 8.19. The Kier molecular flexibility index (Phi) is 6.04. The Morgan fingerprint density at radius 1 is 0.885 bits per heavy atom. The van der Waals surface area contributed by atoms with Crippen molar-refractivity contribution in [3.05, 3.63) is 48.5 Å². The van der Waals surface area contributed by atoms with Crippen LogP contribution in [0.15, 0.2) is 58.3 Å². The maximum atomic E-state index is 13.1. The third-order valence-electron chi connectivity index (χ3n) is 4.36. The molecule has 1 fully saturated rings. The average Bonchev–Trinajstić information content (AvgIpc) is 2.67. The van der Waals surface area contributed by atoms with E-state index in [0.29, 0.717) is 0 Å². The summed E-state index contributed by atoms with van der Waals surface area (Å²) in [5.74, 6) is 1.81. The highest BCUT2D eigenvalue weighted by Crippen LogP contribution is 2.51. The summed E-state index contributed by atoms with van der Waals surface area (Å²) in [7, 11) is 5.20. The van der Waals surface area contributed by atoms with Crippen molar-refractivity contribution in [2.24, 2.45) is 0 Å². The van der Waals surface area contributed by atoms with Crippen molar-refractivity contribution in [1.82, 2.24) is 4.90 Å². The van der Waals surface area contributed by atoms with E-state index in [1.165, 1.54) is 0 Å². The summed E-state index contributed by atoms with van der Waals surface area (Å²) in [6, 6.07) is 15.8. The Labute approximate surface area is 163 Å². The van der Waals surface area contributed by atoms with Crippen molar-refractivity contribution in [3.63, 3.8) is 0 Å². The Balaban J connectivity index is 1.89. The lowest BCUT2D eigenvalue weighted by Crippen LogP contribution is -2.47. The number of carbonyl (C=O) groups excluding carboxylic acids is 1. The van der Waals surface area contributed by atoms with E-state index >= 15 is 0 Å². The lowest BCUT2D eigenvalue weighted by molar-refractivity contribution is -0.132. The van der Waals surface area contributed by atoms with Crippen molar-refractivity contribution >= 4 is 29.4 Å². The summed E-state index contributed by atoms with van der Waals surface area (Å²) in [5, 5.41) is 0. The van der Waals surface area contributed by atoms with Crippen LogP contribution in [0.5, 0.6) is 11.5 Å². The van der Waals surface area contributed by atoms with Crippen molar-refractivity contribution in [2.45, 2.75) is 26.7 Å². The molecule has 138 valence electrons. The number of likely N-dealkylation sites (tertiary alicyclic amines) is 1. The fraction of sp³-hybridized carbons (Fsp3) is 0.350. The molecular weight excluding hydrogens is 366 g/mol. The molecule has 1 aliphatic rings. The first kappa shape index (κ1) is 19.0. The number of benzene rings is 2. The Hall–Kier alpha value is -1.79. The average molecular weight is 390 g/mol. The highest BCUT2D eigenvalue weighted by atomic mass is 32.2. The molecule has 4 nitrogen and oxygen atoms in total. The molecule has 6 heteroatoms. The molecule has 2 aromatic rings. The molecule has 0 bridgehead atoms. The summed E-state index contributed by atoms with van der Waals surface area (Å²) >= 11 is 3.27. The van der Waals surface area contributed by atoms with E-state index in [0.717, 1.165) is 40.7 Å². The van der Waals surface area contributed by atoms with Gasteiger partial charge in [-0.25, -0.2) is 0 Å². The first-order chi connectivity index (χ1) is 12.6. The molecule has 1 saturated heterocycles. The summed E-state index contributed by atoms with van der Waals surface area (Å²) in [4.78, 5) is 17.1. The third-order valence-corrected chi connectivity index (χ3v) is 7.29. The van der Waals surface area contributed by atoms with Crippen molar-refractivity contribution < 1.29 is 14.3 Å². The predicted molar refractivity (Wildman–Crippen MR) is 107 cm³/mol. The summed E-state index contributed by atoms with van der Waals surface area (Å²) in [6.45, 7) is 0.812. The van der Waals surface area contributed by atoms with Gasteiger partial charge in [0.2, 0.25) is 5.91 Å². The maximum Gasteiger partial charge on any atom is 0.249 e. The van der Waals surface area contributed by atoms with E-state index in [1.807, 2.05) is 60.5 Å². The van der Waals surface area contributed by atoms with Crippen LogP contribution in [-0.2, 0) is 4.79 Å². The largest absolute Gasteiger partial charge is 0.497 e. The van der Waals surface area contributed by atoms with Gasteiger partial charge in [0.15, 0.2) is 0 Å². The number of methoxy groups -OCH3 is 2. The normalized spacial score (nSPS) is 16.4. The molecule has 0 aliphatic carbocycles. The molecule has 0 saturated carbocycles. The van der Waals surface area contributed by atoms with E-state index in [4.69, 9.17) is 9.47 Å². The van der Waals surface area contributed by atoms with Gasteiger partial charge in [-0.3, -0.25) is 4.79 Å². The molecule has 2 aromatic carbocycles. The minimum atomic E-state index is -0.559. The smallest absolute Gasteiger partial charge is 0.249 e. The van der Waals surface area contributed by atoms with Crippen LogP contribution in [0.1, 0.15) is 12.8 Å². The van der Waals surface area contributed by atoms with Gasteiger partial charge < -0.3 is 14.4 Å². The second-order valence-electron chi connectivity index (χ2n) is 6.14. The number of ether oxygens (including phenoxy) is 2. The van der Waals surface area contributed by atoms with Crippen molar-refractivity contribution in [1.29, 1.82) is 0 Å². The summed E-state index contributed by atoms with van der Waals surface area (Å²) < 4.78 is 9.92. The van der Waals surface area contributed by atoms with Crippen LogP contribution < -0.4 is 9.47 Å². The van der Waals surface area contributed by atoms with Crippen LogP contribution in [0.25, 0.3) is 0 Å². The van der Waals surface area contributed by atoms with E-state index < -0.39 is 4.08 Å². The zero-order valence-electron chi connectivity index (χ0n) is 15.2. The van der Waals surface area contributed by atoms with Crippen molar-refractivity contribution in [2.75, 3.05) is 27.8 Å². The Morgan fingerprint density at radius 2 is 1.35 bits per heavy atom. The Morgan fingerprint density at radius 3 is 1.77 bits per heavy atom. The number of piperidine rings is 1. The van der Waals surface area contributed by atoms with Gasteiger partial charge >= 0.3 is 0 Å². The predicted octanol–water partition coefficient (Wildman–Crippen LogP) is 4.54. The summed E-state index contributed by atoms with van der Waals surface area (Å²) in [6.07, 6.45) is 1.83. The molecule has 0 radical (unpaired) electrons. The number of hydrogen-bond acceptors (Lipinski definition) is 5. The maximum absolute atomic E-state index is 13.1. The van der Waals surface area contributed by atoms with Gasteiger partial charge in [0.1, 0.15) is 15.6 Å². The number of thioether (sulfide) groups is 2. The van der Waals surface area contributed by atoms with E-state index in [9.17, 15) is 4.79 Å². The van der Waals surface area contributed by atoms with Gasteiger partial charge in [-0.1, -0.05) is 23.5 Å². The zero-order chi connectivity index (χ0) is 18.6. The second kappa shape index (κ2) is 8.27. The van der Waals surface area contributed by atoms with Gasteiger partial charge in [-0.2, -0.15) is 0 Å². The monoisotopic (exact) mass is 389 g/mol. The molecule has 3 rings (SSSR count). The topological polar surface area (TPSA) is 38.8 Å². The fourth-order valence-electron chi connectivity index (χ4n) is 2.93. The SMILES string of the molecule is COc1ccc(SC2(Sc3ccc(OC)cc3)CCCN(C)C2=O)cc1. The lowest BCUT2D eigenvalue weighted by atomic mass is 10.1. The van der Waals surface area contributed by atoms with Gasteiger partial charge in [0.25, 0.3) is 0 Å². The minimum Gasteiger partial charge on any atom is -0.497 e. The molecule has 0 unspecified atom stereocenters. The van der Waals surface area contributed by atoms with Gasteiger partial charge in [0.05, 0.1) is 14.2 Å². The summed E-state index contributed by atoms with van der Waals surface area (Å²) in [5.41, 5.74) is 0. The molecule has 0 atom stereocenters. The molecule has 1 heterocycles. The van der Waals surface area contributed by atoms with Gasteiger partial charge in [-0.15, -0.1) is 0 Å². The van der Waals surface area contributed by atoms with Crippen LogP contribution >= 0.6 is 23.5 Å². The molecule has 0 aromatic heterocycles. The third kappa shape index (κ3) is 4.13. The molecular formula is C20H23NO3S2. The molecule has 0 N–H and O–H groups in total. The van der Waals surface area contributed by atoms with Crippen LogP contribution in [0.2, 0.25) is 0 Å². The van der Waals surface area contributed by atoms with Crippen LogP contribution in [0.4, 0.5) is 0 Å². The molecule has 0 spiro atoms. The minimum absolute atomic E-state index is 0.172.